The van der Waals surface area contributed by atoms with Crippen LogP contribution in [0.2, 0.25) is 0 Å². The first-order valence-electron chi connectivity index (χ1n) is 5.04. The molecule has 0 bridgehead atoms. The van der Waals surface area contributed by atoms with E-state index in [0.717, 1.165) is 6.42 Å². The average Bonchev–Trinajstić information content (AvgIpc) is 2.13. The summed E-state index contributed by atoms with van der Waals surface area (Å²) in [5, 5.41) is 2.77. The molecule has 0 aromatic heterocycles. The molecular weight excluding hydrogens is 180 g/mol. The molecule has 0 aliphatic heterocycles. The molecule has 4 heteroatoms. The van der Waals surface area contributed by atoms with Gasteiger partial charge in [0, 0.05) is 13.7 Å². The minimum atomic E-state index is -0.762. The Morgan fingerprint density at radius 2 is 2.21 bits per heavy atom. The van der Waals surface area contributed by atoms with Crippen LogP contribution in [0.4, 0.5) is 0 Å². The van der Waals surface area contributed by atoms with Gasteiger partial charge >= 0.3 is 0 Å². The van der Waals surface area contributed by atoms with E-state index in [-0.39, 0.29) is 12.0 Å². The molecular formula is C10H22N2O2. The second kappa shape index (κ2) is 5.98. The Balaban J connectivity index is 3.94. The molecule has 0 rings (SSSR count). The lowest BCUT2D eigenvalue weighted by Crippen LogP contribution is -2.52. The van der Waals surface area contributed by atoms with Gasteiger partial charge in [-0.05, 0) is 20.3 Å². The second-order valence-electron chi connectivity index (χ2n) is 3.92. The van der Waals surface area contributed by atoms with E-state index in [1.165, 1.54) is 0 Å². The van der Waals surface area contributed by atoms with Crippen molar-refractivity contribution in [2.24, 2.45) is 5.73 Å². The Morgan fingerprint density at radius 1 is 1.64 bits per heavy atom. The van der Waals surface area contributed by atoms with Crippen molar-refractivity contribution in [2.45, 2.75) is 45.3 Å². The summed E-state index contributed by atoms with van der Waals surface area (Å²) in [5.74, 6) is -0.108. The van der Waals surface area contributed by atoms with Crippen molar-refractivity contribution < 1.29 is 9.53 Å². The fourth-order valence-electron chi connectivity index (χ4n) is 1.15. The number of hydrogen-bond acceptors (Lipinski definition) is 3. The fourth-order valence-corrected chi connectivity index (χ4v) is 1.15. The van der Waals surface area contributed by atoms with Gasteiger partial charge in [0.05, 0.1) is 11.6 Å². The number of amides is 1. The molecule has 0 aliphatic rings. The zero-order chi connectivity index (χ0) is 11.2. The number of carbonyl (C=O) groups is 1. The highest BCUT2D eigenvalue weighted by molar-refractivity contribution is 5.85. The van der Waals surface area contributed by atoms with Gasteiger partial charge in [-0.1, -0.05) is 13.3 Å². The number of hydrogen-bond donors (Lipinski definition) is 2. The van der Waals surface area contributed by atoms with Crippen molar-refractivity contribution in [1.29, 1.82) is 0 Å². The Morgan fingerprint density at radius 3 is 2.64 bits per heavy atom. The molecule has 0 radical (unpaired) electrons. The van der Waals surface area contributed by atoms with Gasteiger partial charge in [0.15, 0.2) is 0 Å². The average molecular weight is 202 g/mol. The van der Waals surface area contributed by atoms with Gasteiger partial charge in [0.2, 0.25) is 5.91 Å². The maximum atomic E-state index is 11.6. The van der Waals surface area contributed by atoms with Crippen LogP contribution in [-0.4, -0.2) is 31.2 Å². The third-order valence-electron chi connectivity index (χ3n) is 2.24. The van der Waals surface area contributed by atoms with Crippen LogP contribution in [0.1, 0.15) is 33.6 Å². The molecule has 0 fully saturated rings. The van der Waals surface area contributed by atoms with Crippen LogP contribution in [-0.2, 0) is 9.53 Å². The zero-order valence-corrected chi connectivity index (χ0v) is 9.59. The van der Waals surface area contributed by atoms with Crippen molar-refractivity contribution in [2.75, 3.05) is 13.7 Å². The largest absolute Gasteiger partial charge is 0.380 e. The summed E-state index contributed by atoms with van der Waals surface area (Å²) in [7, 11) is 1.62. The summed E-state index contributed by atoms with van der Waals surface area (Å²) in [5.41, 5.74) is 5.08. The Labute approximate surface area is 86.2 Å². The highest BCUT2D eigenvalue weighted by Crippen LogP contribution is 2.08. The van der Waals surface area contributed by atoms with Crippen molar-refractivity contribution in [1.82, 2.24) is 5.32 Å². The standard InChI is InChI=1S/C10H22N2O2/c1-5-6-10(3,11)9(13)12-7-8(2)14-4/h8H,5-7,11H2,1-4H3,(H,12,13). The molecule has 0 aromatic rings. The van der Waals surface area contributed by atoms with Crippen molar-refractivity contribution >= 4 is 5.91 Å². The summed E-state index contributed by atoms with van der Waals surface area (Å²) in [6, 6.07) is 0. The molecule has 0 spiro atoms. The van der Waals surface area contributed by atoms with Gasteiger partial charge in [-0.2, -0.15) is 0 Å². The molecule has 2 unspecified atom stereocenters. The molecule has 0 saturated carbocycles. The van der Waals surface area contributed by atoms with Crippen LogP contribution in [0, 0.1) is 0 Å². The first-order valence-corrected chi connectivity index (χ1v) is 5.04. The minimum Gasteiger partial charge on any atom is -0.380 e. The maximum absolute atomic E-state index is 11.6. The number of nitrogens with one attached hydrogen (secondary N) is 1. The summed E-state index contributed by atoms with van der Waals surface area (Å²) < 4.78 is 5.02. The first-order chi connectivity index (χ1) is 6.44. The van der Waals surface area contributed by atoms with E-state index in [4.69, 9.17) is 10.5 Å². The van der Waals surface area contributed by atoms with Gasteiger partial charge in [-0.3, -0.25) is 4.79 Å². The van der Waals surface area contributed by atoms with E-state index in [1.807, 2.05) is 13.8 Å². The molecule has 0 saturated heterocycles. The molecule has 0 aromatic carbocycles. The lowest BCUT2D eigenvalue weighted by molar-refractivity contribution is -0.126. The molecule has 2 atom stereocenters. The third-order valence-corrected chi connectivity index (χ3v) is 2.24. The molecule has 3 N–H and O–H groups in total. The predicted octanol–water partition coefficient (Wildman–Crippen LogP) is 0.655. The maximum Gasteiger partial charge on any atom is 0.239 e. The Hall–Kier alpha value is -0.610. The Kier molecular flexibility index (Phi) is 5.72. The molecule has 4 nitrogen and oxygen atoms in total. The van der Waals surface area contributed by atoms with Crippen LogP contribution >= 0.6 is 0 Å². The minimum absolute atomic E-state index is 0.0244. The fraction of sp³-hybridized carbons (Fsp3) is 0.900. The lowest BCUT2D eigenvalue weighted by Gasteiger charge is -2.23. The quantitative estimate of drug-likeness (QED) is 0.665. The third kappa shape index (κ3) is 4.58. The van der Waals surface area contributed by atoms with E-state index in [9.17, 15) is 4.79 Å². The lowest BCUT2D eigenvalue weighted by atomic mass is 9.96. The van der Waals surface area contributed by atoms with Gasteiger partial charge < -0.3 is 15.8 Å². The number of ether oxygens (including phenoxy) is 1. The molecule has 0 heterocycles. The zero-order valence-electron chi connectivity index (χ0n) is 9.59. The SMILES string of the molecule is CCCC(C)(N)C(=O)NCC(C)OC. The molecule has 84 valence electrons. The van der Waals surface area contributed by atoms with Gasteiger partial charge in [-0.25, -0.2) is 0 Å². The van der Waals surface area contributed by atoms with E-state index < -0.39 is 5.54 Å². The smallest absolute Gasteiger partial charge is 0.239 e. The van der Waals surface area contributed by atoms with E-state index in [1.54, 1.807) is 14.0 Å². The summed E-state index contributed by atoms with van der Waals surface area (Å²) in [6.45, 7) is 6.17. The Bertz CT molecular complexity index is 181. The number of carbonyl (C=O) groups excluding carboxylic acids is 1. The van der Waals surface area contributed by atoms with Crippen LogP contribution in [0.15, 0.2) is 0 Å². The van der Waals surface area contributed by atoms with Gasteiger partial charge in [-0.15, -0.1) is 0 Å². The summed E-state index contributed by atoms with van der Waals surface area (Å²) in [4.78, 5) is 11.6. The van der Waals surface area contributed by atoms with Crippen LogP contribution in [0.3, 0.4) is 0 Å². The molecule has 0 aliphatic carbocycles. The van der Waals surface area contributed by atoms with Crippen LogP contribution in [0.5, 0.6) is 0 Å². The van der Waals surface area contributed by atoms with E-state index in [0.29, 0.717) is 13.0 Å². The molecule has 14 heavy (non-hydrogen) atoms. The topological polar surface area (TPSA) is 64.4 Å². The predicted molar refractivity (Wildman–Crippen MR) is 57.0 cm³/mol. The van der Waals surface area contributed by atoms with Gasteiger partial charge in [0.25, 0.3) is 0 Å². The number of methoxy groups -OCH3 is 1. The number of rotatable bonds is 6. The number of nitrogens with two attached hydrogens (primary N) is 1. The molecule has 1 amide bonds. The first kappa shape index (κ1) is 13.4. The van der Waals surface area contributed by atoms with Crippen LogP contribution < -0.4 is 11.1 Å². The van der Waals surface area contributed by atoms with Crippen molar-refractivity contribution in [3.63, 3.8) is 0 Å². The van der Waals surface area contributed by atoms with E-state index >= 15 is 0 Å². The monoisotopic (exact) mass is 202 g/mol. The van der Waals surface area contributed by atoms with Crippen molar-refractivity contribution in [3.05, 3.63) is 0 Å². The van der Waals surface area contributed by atoms with Crippen LogP contribution in [0.25, 0.3) is 0 Å². The highest BCUT2D eigenvalue weighted by atomic mass is 16.5. The van der Waals surface area contributed by atoms with Gasteiger partial charge in [0.1, 0.15) is 0 Å². The summed E-state index contributed by atoms with van der Waals surface area (Å²) in [6.07, 6.45) is 1.62. The van der Waals surface area contributed by atoms with Crippen molar-refractivity contribution in [3.8, 4) is 0 Å². The normalized spacial score (nSPS) is 17.2. The summed E-state index contributed by atoms with van der Waals surface area (Å²) >= 11 is 0. The van der Waals surface area contributed by atoms with E-state index in [2.05, 4.69) is 5.32 Å². The highest BCUT2D eigenvalue weighted by Gasteiger charge is 2.26. The second-order valence-corrected chi connectivity index (χ2v) is 3.92.